The predicted molar refractivity (Wildman–Crippen MR) is 63.2 cm³/mol. The van der Waals surface area contributed by atoms with Gasteiger partial charge in [-0.05, 0) is 41.6 Å². The first-order valence-corrected chi connectivity index (χ1v) is 5.18. The van der Waals surface area contributed by atoms with E-state index in [1.165, 1.54) is 0 Å². The van der Waals surface area contributed by atoms with Gasteiger partial charge >= 0.3 is 0 Å². The molecule has 0 radical (unpaired) electrons. The van der Waals surface area contributed by atoms with Crippen LogP contribution in [-0.4, -0.2) is 14.8 Å². The minimum atomic E-state index is 0.704. The van der Waals surface area contributed by atoms with E-state index >= 15 is 0 Å². The molecular formula is C9H9IN4. The van der Waals surface area contributed by atoms with Crippen LogP contribution in [0.15, 0.2) is 24.5 Å². The highest BCUT2D eigenvalue weighted by Crippen LogP contribution is 2.12. The molecule has 0 aliphatic heterocycles. The van der Waals surface area contributed by atoms with Gasteiger partial charge in [0.2, 0.25) is 0 Å². The average molecular weight is 300 g/mol. The van der Waals surface area contributed by atoms with Crippen LogP contribution >= 0.6 is 22.6 Å². The molecular weight excluding hydrogens is 291 g/mol. The van der Waals surface area contributed by atoms with Crippen molar-refractivity contribution in [1.29, 1.82) is 0 Å². The third kappa shape index (κ3) is 1.72. The van der Waals surface area contributed by atoms with Gasteiger partial charge in [-0.25, -0.2) is 9.67 Å². The van der Waals surface area contributed by atoms with Crippen molar-refractivity contribution in [3.8, 4) is 5.82 Å². The van der Waals surface area contributed by atoms with Gasteiger partial charge in [-0.3, -0.25) is 0 Å². The molecule has 2 rings (SSSR count). The number of aryl methyl sites for hydroxylation is 1. The van der Waals surface area contributed by atoms with Crippen LogP contribution in [0.25, 0.3) is 5.82 Å². The van der Waals surface area contributed by atoms with E-state index in [0.29, 0.717) is 5.69 Å². The van der Waals surface area contributed by atoms with Crippen LogP contribution in [0.1, 0.15) is 5.69 Å². The molecule has 0 aliphatic carbocycles. The molecule has 0 amide bonds. The van der Waals surface area contributed by atoms with Crippen LogP contribution in [0.3, 0.4) is 0 Å². The quantitative estimate of drug-likeness (QED) is 0.817. The van der Waals surface area contributed by atoms with Crippen molar-refractivity contribution < 1.29 is 0 Å². The maximum absolute atomic E-state index is 5.68. The molecule has 2 heterocycles. The second kappa shape index (κ2) is 3.56. The van der Waals surface area contributed by atoms with Crippen molar-refractivity contribution in [2.75, 3.05) is 5.73 Å². The van der Waals surface area contributed by atoms with Gasteiger partial charge in [-0.15, -0.1) is 0 Å². The van der Waals surface area contributed by atoms with Gasteiger partial charge < -0.3 is 5.73 Å². The topological polar surface area (TPSA) is 56.7 Å². The molecule has 0 aromatic carbocycles. The highest BCUT2D eigenvalue weighted by molar-refractivity contribution is 14.1. The smallest absolute Gasteiger partial charge is 0.153 e. The summed E-state index contributed by atoms with van der Waals surface area (Å²) in [6.45, 7) is 1.88. The fraction of sp³-hybridized carbons (Fsp3) is 0.111. The second-order valence-electron chi connectivity index (χ2n) is 2.95. The Morgan fingerprint density at radius 1 is 1.43 bits per heavy atom. The van der Waals surface area contributed by atoms with Crippen molar-refractivity contribution in [3.05, 3.63) is 33.8 Å². The van der Waals surface area contributed by atoms with E-state index in [1.807, 2.05) is 25.3 Å². The van der Waals surface area contributed by atoms with Gasteiger partial charge in [-0.1, -0.05) is 0 Å². The van der Waals surface area contributed by atoms with Crippen LogP contribution in [0.4, 0.5) is 5.69 Å². The number of halogens is 1. The first kappa shape index (κ1) is 9.45. The fourth-order valence-electron chi connectivity index (χ4n) is 1.11. The van der Waals surface area contributed by atoms with Crippen LogP contribution in [-0.2, 0) is 0 Å². The number of hydrogen-bond acceptors (Lipinski definition) is 3. The molecule has 72 valence electrons. The Bertz CT molecular complexity index is 464. The summed E-state index contributed by atoms with van der Waals surface area (Å²) < 4.78 is 2.81. The highest BCUT2D eigenvalue weighted by Gasteiger charge is 2.01. The summed E-state index contributed by atoms with van der Waals surface area (Å²) in [6, 6.07) is 3.69. The lowest BCUT2D eigenvalue weighted by Gasteiger charge is -2.03. The molecule has 0 atom stereocenters. The van der Waals surface area contributed by atoms with E-state index in [4.69, 9.17) is 5.73 Å². The number of aromatic nitrogens is 3. The Morgan fingerprint density at radius 3 is 2.79 bits per heavy atom. The van der Waals surface area contributed by atoms with Crippen molar-refractivity contribution >= 4 is 28.3 Å². The van der Waals surface area contributed by atoms with Crippen molar-refractivity contribution in [1.82, 2.24) is 14.8 Å². The van der Waals surface area contributed by atoms with Crippen LogP contribution in [0.5, 0.6) is 0 Å². The molecule has 2 N–H and O–H groups in total. The number of nitrogens with zero attached hydrogens (tertiary/aromatic N) is 3. The largest absolute Gasteiger partial charge is 0.397 e. The summed E-state index contributed by atoms with van der Waals surface area (Å²) in [4.78, 5) is 4.33. The van der Waals surface area contributed by atoms with Gasteiger partial charge in [0.15, 0.2) is 5.82 Å². The lowest BCUT2D eigenvalue weighted by Crippen LogP contribution is -2.01. The third-order valence-corrected chi connectivity index (χ3v) is 2.45. The maximum Gasteiger partial charge on any atom is 0.153 e. The zero-order chi connectivity index (χ0) is 10.1. The maximum atomic E-state index is 5.68. The summed E-state index contributed by atoms with van der Waals surface area (Å²) in [7, 11) is 0. The zero-order valence-corrected chi connectivity index (χ0v) is 9.76. The van der Waals surface area contributed by atoms with E-state index in [0.717, 1.165) is 15.1 Å². The van der Waals surface area contributed by atoms with E-state index in [9.17, 15) is 0 Å². The summed E-state index contributed by atoms with van der Waals surface area (Å²) in [6.07, 6.45) is 3.70. The van der Waals surface area contributed by atoms with Gasteiger partial charge in [-0.2, -0.15) is 5.10 Å². The molecule has 0 aliphatic rings. The first-order chi connectivity index (χ1) is 6.66. The number of pyridine rings is 1. The van der Waals surface area contributed by atoms with Crippen molar-refractivity contribution in [2.45, 2.75) is 6.92 Å². The molecule has 0 bridgehead atoms. The summed E-state index contributed by atoms with van der Waals surface area (Å²) in [5.41, 5.74) is 7.21. The van der Waals surface area contributed by atoms with E-state index in [-0.39, 0.29) is 0 Å². The van der Waals surface area contributed by atoms with Crippen molar-refractivity contribution in [3.63, 3.8) is 0 Å². The molecule has 4 nitrogen and oxygen atoms in total. The molecule has 2 aromatic heterocycles. The molecule has 14 heavy (non-hydrogen) atoms. The summed E-state index contributed by atoms with van der Waals surface area (Å²) in [5, 5.41) is 4.16. The predicted octanol–water partition coefficient (Wildman–Crippen LogP) is 1.76. The Hall–Kier alpha value is -1.11. The Kier molecular flexibility index (Phi) is 2.40. The van der Waals surface area contributed by atoms with Crippen LogP contribution in [0.2, 0.25) is 0 Å². The number of nitrogens with two attached hydrogens (primary N) is 1. The fourth-order valence-corrected chi connectivity index (χ4v) is 1.50. The molecule has 5 heteroatoms. The van der Waals surface area contributed by atoms with Crippen LogP contribution in [0, 0.1) is 10.5 Å². The van der Waals surface area contributed by atoms with Gasteiger partial charge in [0.1, 0.15) is 0 Å². The number of hydrogen-bond donors (Lipinski definition) is 1. The second-order valence-corrected chi connectivity index (χ2v) is 4.19. The van der Waals surface area contributed by atoms with Gasteiger partial charge in [0.05, 0.1) is 21.1 Å². The van der Waals surface area contributed by atoms with E-state index in [1.54, 1.807) is 10.9 Å². The van der Waals surface area contributed by atoms with E-state index < -0.39 is 0 Å². The Labute approximate surface area is 95.3 Å². The number of rotatable bonds is 1. The molecule has 0 saturated heterocycles. The molecule has 0 fully saturated rings. The normalized spacial score (nSPS) is 10.4. The molecule has 0 spiro atoms. The number of anilines is 1. The highest BCUT2D eigenvalue weighted by atomic mass is 127. The summed E-state index contributed by atoms with van der Waals surface area (Å²) in [5.74, 6) is 0.791. The summed E-state index contributed by atoms with van der Waals surface area (Å²) >= 11 is 2.21. The average Bonchev–Trinajstić information content (AvgIpc) is 2.57. The van der Waals surface area contributed by atoms with E-state index in [2.05, 4.69) is 32.7 Å². The molecule has 2 aromatic rings. The lowest BCUT2D eigenvalue weighted by molar-refractivity contribution is 0.841. The lowest BCUT2D eigenvalue weighted by atomic mass is 10.3. The standard InChI is InChI=1S/C9H9IN4/c1-6-8(11)2-3-9(13-6)14-5-7(10)4-12-14/h2-5H,11H2,1H3. The minimum Gasteiger partial charge on any atom is -0.397 e. The van der Waals surface area contributed by atoms with Gasteiger partial charge in [0.25, 0.3) is 0 Å². The van der Waals surface area contributed by atoms with Gasteiger partial charge in [0, 0.05) is 6.20 Å². The number of nitrogen functional groups attached to an aromatic ring is 1. The Balaban J connectivity index is 2.47. The Morgan fingerprint density at radius 2 is 2.21 bits per heavy atom. The van der Waals surface area contributed by atoms with Crippen LogP contribution < -0.4 is 5.73 Å². The monoisotopic (exact) mass is 300 g/mol. The molecule has 0 unspecified atom stereocenters. The minimum absolute atomic E-state index is 0.704. The third-order valence-electron chi connectivity index (χ3n) is 1.90. The SMILES string of the molecule is Cc1nc(-n2cc(I)cn2)ccc1N. The first-order valence-electron chi connectivity index (χ1n) is 4.10. The molecule has 0 saturated carbocycles. The zero-order valence-electron chi connectivity index (χ0n) is 7.61. The van der Waals surface area contributed by atoms with Crippen molar-refractivity contribution in [2.24, 2.45) is 0 Å².